The van der Waals surface area contributed by atoms with Gasteiger partial charge < -0.3 is 10.1 Å². The second-order valence-electron chi connectivity index (χ2n) is 6.35. The number of nitrogens with one attached hydrogen (secondary N) is 1. The second kappa shape index (κ2) is 8.34. The number of carbonyl (C=O) groups excluding carboxylic acids is 1. The molecular weight excluding hydrogens is 322 g/mol. The van der Waals surface area contributed by atoms with Gasteiger partial charge in [0.1, 0.15) is 5.75 Å². The lowest BCUT2D eigenvalue weighted by Crippen LogP contribution is -2.21. The van der Waals surface area contributed by atoms with E-state index in [-0.39, 0.29) is 12.5 Å². The number of amides is 1. The van der Waals surface area contributed by atoms with Crippen LogP contribution in [0.25, 0.3) is 0 Å². The molecule has 3 aromatic rings. The van der Waals surface area contributed by atoms with E-state index in [0.29, 0.717) is 0 Å². The Hall–Kier alpha value is -3.07. The Labute approximate surface area is 154 Å². The zero-order valence-electron chi connectivity index (χ0n) is 15.2. The molecule has 0 bridgehead atoms. The smallest absolute Gasteiger partial charge is 0.262 e. The molecule has 0 aliphatic rings. The van der Waals surface area contributed by atoms with Gasteiger partial charge in [-0.15, -0.1) is 0 Å². The van der Waals surface area contributed by atoms with E-state index in [1.807, 2.05) is 74.5 Å². The minimum atomic E-state index is -0.159. The van der Waals surface area contributed by atoms with Crippen molar-refractivity contribution in [3.63, 3.8) is 0 Å². The first-order valence-electron chi connectivity index (χ1n) is 8.74. The van der Waals surface area contributed by atoms with Gasteiger partial charge in [0, 0.05) is 12.1 Å². The van der Waals surface area contributed by atoms with Crippen molar-refractivity contribution in [2.24, 2.45) is 0 Å². The van der Waals surface area contributed by atoms with Crippen molar-refractivity contribution in [2.75, 3.05) is 11.9 Å². The summed E-state index contributed by atoms with van der Waals surface area (Å²) in [6, 6.07) is 23.9. The number of ether oxygens (including phenoxy) is 1. The first kappa shape index (κ1) is 17.7. The lowest BCUT2D eigenvalue weighted by Gasteiger charge is -2.13. The van der Waals surface area contributed by atoms with Crippen LogP contribution in [0.4, 0.5) is 5.69 Å². The van der Waals surface area contributed by atoms with Gasteiger partial charge in [0.2, 0.25) is 0 Å². The average Bonchev–Trinajstić information content (AvgIpc) is 2.66. The molecule has 0 unspecified atom stereocenters. The van der Waals surface area contributed by atoms with Crippen LogP contribution >= 0.6 is 0 Å². The maximum Gasteiger partial charge on any atom is 0.262 e. The van der Waals surface area contributed by atoms with E-state index in [0.717, 1.165) is 34.5 Å². The van der Waals surface area contributed by atoms with Crippen LogP contribution in [0.5, 0.6) is 5.75 Å². The molecular formula is C23H23NO2. The number of hydrogen-bond acceptors (Lipinski definition) is 2. The van der Waals surface area contributed by atoms with Gasteiger partial charge in [-0.2, -0.15) is 0 Å². The highest BCUT2D eigenvalue weighted by molar-refractivity contribution is 5.92. The van der Waals surface area contributed by atoms with Crippen LogP contribution in [-0.4, -0.2) is 12.5 Å². The highest BCUT2D eigenvalue weighted by Gasteiger charge is 2.09. The van der Waals surface area contributed by atoms with E-state index in [2.05, 4.69) is 17.4 Å². The molecule has 3 rings (SSSR count). The molecule has 0 heterocycles. The molecule has 0 atom stereocenters. The molecule has 0 saturated heterocycles. The van der Waals surface area contributed by atoms with Gasteiger partial charge in [0.15, 0.2) is 6.61 Å². The third-order valence-electron chi connectivity index (χ3n) is 4.45. The summed E-state index contributed by atoms with van der Waals surface area (Å²) in [5, 5.41) is 2.93. The van der Waals surface area contributed by atoms with Crippen LogP contribution in [0.15, 0.2) is 72.8 Å². The number of rotatable bonds is 6. The fraction of sp³-hybridized carbons (Fsp3) is 0.174. The van der Waals surface area contributed by atoms with Crippen LogP contribution in [0.3, 0.4) is 0 Å². The summed E-state index contributed by atoms with van der Waals surface area (Å²) in [6.07, 6.45) is 0.773. The third kappa shape index (κ3) is 4.51. The second-order valence-corrected chi connectivity index (χ2v) is 6.35. The Morgan fingerprint density at radius 3 is 2.42 bits per heavy atom. The van der Waals surface area contributed by atoms with Gasteiger partial charge >= 0.3 is 0 Å². The first-order valence-corrected chi connectivity index (χ1v) is 8.74. The normalized spacial score (nSPS) is 10.4. The highest BCUT2D eigenvalue weighted by Crippen LogP contribution is 2.22. The maximum atomic E-state index is 12.3. The molecule has 0 aliphatic heterocycles. The zero-order valence-corrected chi connectivity index (χ0v) is 15.2. The molecule has 1 amide bonds. The van der Waals surface area contributed by atoms with Crippen molar-refractivity contribution in [1.82, 2.24) is 0 Å². The molecule has 3 aromatic carbocycles. The minimum absolute atomic E-state index is 0.0147. The van der Waals surface area contributed by atoms with Crippen molar-refractivity contribution >= 4 is 11.6 Å². The fourth-order valence-corrected chi connectivity index (χ4v) is 2.82. The van der Waals surface area contributed by atoms with Gasteiger partial charge in [-0.05, 0) is 48.2 Å². The summed E-state index contributed by atoms with van der Waals surface area (Å²) >= 11 is 0. The van der Waals surface area contributed by atoms with Crippen LogP contribution < -0.4 is 10.1 Å². The topological polar surface area (TPSA) is 38.3 Å². The van der Waals surface area contributed by atoms with Gasteiger partial charge in [-0.1, -0.05) is 60.7 Å². The lowest BCUT2D eigenvalue weighted by atomic mass is 10.0. The Bertz CT molecular complexity index is 888. The van der Waals surface area contributed by atoms with Gasteiger partial charge in [-0.25, -0.2) is 0 Å². The standard InChI is InChI=1S/C23H23NO2/c1-17-9-8-13-21(18(17)2)24-23(25)16-26-22-14-7-6-12-20(22)15-19-10-4-3-5-11-19/h3-14H,15-16H2,1-2H3,(H,24,25). The van der Waals surface area contributed by atoms with Crippen LogP contribution in [0.1, 0.15) is 22.3 Å². The molecule has 0 aromatic heterocycles. The molecule has 0 spiro atoms. The largest absolute Gasteiger partial charge is 0.483 e. The summed E-state index contributed by atoms with van der Waals surface area (Å²) in [4.78, 5) is 12.3. The van der Waals surface area contributed by atoms with Gasteiger partial charge in [0.25, 0.3) is 5.91 Å². The van der Waals surface area contributed by atoms with Crippen molar-refractivity contribution in [3.8, 4) is 5.75 Å². The molecule has 132 valence electrons. The predicted molar refractivity (Wildman–Crippen MR) is 106 cm³/mol. The molecule has 26 heavy (non-hydrogen) atoms. The van der Waals surface area contributed by atoms with E-state index >= 15 is 0 Å². The Balaban J connectivity index is 1.64. The van der Waals surface area contributed by atoms with Crippen molar-refractivity contribution in [2.45, 2.75) is 20.3 Å². The molecule has 0 fully saturated rings. The monoisotopic (exact) mass is 345 g/mol. The van der Waals surface area contributed by atoms with E-state index in [9.17, 15) is 4.79 Å². The first-order chi connectivity index (χ1) is 12.6. The maximum absolute atomic E-state index is 12.3. The van der Waals surface area contributed by atoms with Crippen LogP contribution in [0.2, 0.25) is 0 Å². The fourth-order valence-electron chi connectivity index (χ4n) is 2.82. The van der Waals surface area contributed by atoms with E-state index in [1.54, 1.807) is 0 Å². The number of para-hydroxylation sites is 1. The predicted octanol–water partition coefficient (Wildman–Crippen LogP) is 4.91. The van der Waals surface area contributed by atoms with E-state index in [1.165, 1.54) is 5.56 Å². The number of aryl methyl sites for hydroxylation is 1. The molecule has 0 saturated carbocycles. The SMILES string of the molecule is Cc1cccc(NC(=O)COc2ccccc2Cc2ccccc2)c1C. The summed E-state index contributed by atoms with van der Waals surface area (Å²) in [6.45, 7) is 4.02. The van der Waals surface area contributed by atoms with E-state index in [4.69, 9.17) is 4.74 Å². The van der Waals surface area contributed by atoms with Gasteiger partial charge in [-0.3, -0.25) is 4.79 Å². The van der Waals surface area contributed by atoms with Crippen molar-refractivity contribution in [1.29, 1.82) is 0 Å². The number of benzene rings is 3. The molecule has 0 aliphatic carbocycles. The Kier molecular flexibility index (Phi) is 5.69. The van der Waals surface area contributed by atoms with E-state index < -0.39 is 0 Å². The summed E-state index contributed by atoms with van der Waals surface area (Å²) < 4.78 is 5.80. The Morgan fingerprint density at radius 2 is 1.62 bits per heavy atom. The summed E-state index contributed by atoms with van der Waals surface area (Å²) in [7, 11) is 0. The minimum Gasteiger partial charge on any atom is -0.483 e. The lowest BCUT2D eigenvalue weighted by molar-refractivity contribution is -0.118. The zero-order chi connectivity index (χ0) is 18.4. The number of anilines is 1. The molecule has 0 radical (unpaired) electrons. The highest BCUT2D eigenvalue weighted by atomic mass is 16.5. The summed E-state index contributed by atoms with van der Waals surface area (Å²) in [5.41, 5.74) is 5.33. The van der Waals surface area contributed by atoms with Crippen molar-refractivity contribution in [3.05, 3.63) is 95.1 Å². The van der Waals surface area contributed by atoms with Crippen molar-refractivity contribution < 1.29 is 9.53 Å². The quantitative estimate of drug-likeness (QED) is 0.689. The average molecular weight is 345 g/mol. The third-order valence-corrected chi connectivity index (χ3v) is 4.45. The molecule has 3 nitrogen and oxygen atoms in total. The number of carbonyl (C=O) groups is 1. The molecule has 3 heteroatoms. The summed E-state index contributed by atoms with van der Waals surface area (Å²) in [5.74, 6) is 0.584. The Morgan fingerprint density at radius 1 is 0.885 bits per heavy atom. The van der Waals surface area contributed by atoms with Gasteiger partial charge in [0.05, 0.1) is 0 Å². The number of hydrogen-bond donors (Lipinski definition) is 1. The van der Waals surface area contributed by atoms with Crippen LogP contribution in [-0.2, 0) is 11.2 Å². The molecule has 1 N–H and O–H groups in total. The van der Waals surface area contributed by atoms with Crippen LogP contribution in [0, 0.1) is 13.8 Å².